The van der Waals surface area contributed by atoms with Crippen molar-refractivity contribution in [2.75, 3.05) is 33.3 Å². The van der Waals surface area contributed by atoms with E-state index in [-0.39, 0.29) is 49.0 Å². The molecule has 8 nitrogen and oxygen atoms in total. The predicted octanol–water partition coefficient (Wildman–Crippen LogP) is 1.09. The fraction of sp³-hybridized carbons (Fsp3) is 0.353. The van der Waals surface area contributed by atoms with Gasteiger partial charge in [-0.25, -0.2) is 4.79 Å². The zero-order valence-corrected chi connectivity index (χ0v) is 17.0. The first-order chi connectivity index (χ1) is 12.2. The number of carbonyl (C=O) groups excluding carboxylic acids is 2. The maximum absolute atomic E-state index is 11.5. The summed E-state index contributed by atoms with van der Waals surface area (Å²) in [5.41, 5.74) is 0.987. The number of rotatable bonds is 8. The average Bonchev–Trinajstić information content (AvgIpc) is 2.95. The second-order valence-corrected chi connectivity index (χ2v) is 5.26. The fourth-order valence-electron chi connectivity index (χ4n) is 2.31. The number of nitrogens with zero attached hydrogens (tertiary/aromatic N) is 2. The van der Waals surface area contributed by atoms with Crippen molar-refractivity contribution in [3.05, 3.63) is 42.5 Å². The molecule has 1 aromatic carbocycles. The van der Waals surface area contributed by atoms with E-state index >= 15 is 0 Å². The summed E-state index contributed by atoms with van der Waals surface area (Å²) >= 11 is 0. The Morgan fingerprint density at radius 2 is 2.15 bits per heavy atom. The molecule has 3 N–H and O–H groups in total. The van der Waals surface area contributed by atoms with Gasteiger partial charge >= 0.3 is 6.03 Å². The molecule has 26 heavy (non-hydrogen) atoms. The van der Waals surface area contributed by atoms with Crippen molar-refractivity contribution in [3.63, 3.8) is 0 Å². The van der Waals surface area contributed by atoms with Crippen molar-refractivity contribution in [2.24, 2.45) is 4.99 Å². The Morgan fingerprint density at radius 3 is 2.81 bits per heavy atom. The van der Waals surface area contributed by atoms with Gasteiger partial charge in [-0.05, 0) is 6.07 Å². The number of guanidine groups is 1. The number of amides is 3. The van der Waals surface area contributed by atoms with Crippen LogP contribution >= 0.6 is 24.0 Å². The Kier molecular flexibility index (Phi) is 9.48. The standard InChI is InChI=1S/C17H23N5O3.HI/c1-3-10-25-14-7-5-4-6-13(14)11-20-16(18-2)19-8-9-22-15(23)12-21-17(22)24;/h3-7H,1,8-12H2,2H3,(H,21,24)(H2,18,19,20);1H. The van der Waals surface area contributed by atoms with Crippen LogP contribution in [0.15, 0.2) is 41.9 Å². The molecular weight excluding hydrogens is 449 g/mol. The van der Waals surface area contributed by atoms with Gasteiger partial charge in [0.05, 0.1) is 6.54 Å². The lowest BCUT2D eigenvalue weighted by Crippen LogP contribution is -2.43. The molecule has 0 unspecified atom stereocenters. The highest BCUT2D eigenvalue weighted by molar-refractivity contribution is 14.0. The van der Waals surface area contributed by atoms with Crippen molar-refractivity contribution in [2.45, 2.75) is 6.54 Å². The summed E-state index contributed by atoms with van der Waals surface area (Å²) in [6.07, 6.45) is 1.69. The third-order valence-electron chi connectivity index (χ3n) is 3.56. The summed E-state index contributed by atoms with van der Waals surface area (Å²) in [5.74, 6) is 1.14. The SMILES string of the molecule is C=CCOc1ccccc1CNC(=NC)NCCN1C(=O)CNC1=O.I. The first-order valence-electron chi connectivity index (χ1n) is 8.00. The topological polar surface area (TPSA) is 95.1 Å². The molecule has 0 atom stereocenters. The first-order valence-corrected chi connectivity index (χ1v) is 8.00. The van der Waals surface area contributed by atoms with Crippen LogP contribution in [0, 0.1) is 0 Å². The van der Waals surface area contributed by atoms with Crippen molar-refractivity contribution in [3.8, 4) is 5.75 Å². The number of aliphatic imine (C=N–C) groups is 1. The predicted molar refractivity (Wildman–Crippen MR) is 111 cm³/mol. The number of hydrogen-bond acceptors (Lipinski definition) is 4. The van der Waals surface area contributed by atoms with Crippen LogP contribution in [-0.2, 0) is 11.3 Å². The van der Waals surface area contributed by atoms with E-state index in [1.807, 2.05) is 24.3 Å². The molecule has 0 aromatic heterocycles. The fourth-order valence-corrected chi connectivity index (χ4v) is 2.31. The molecule has 0 bridgehead atoms. The molecule has 0 radical (unpaired) electrons. The molecule has 1 heterocycles. The number of hydrogen-bond donors (Lipinski definition) is 3. The highest BCUT2D eigenvalue weighted by atomic mass is 127. The zero-order valence-electron chi connectivity index (χ0n) is 14.7. The maximum Gasteiger partial charge on any atom is 0.324 e. The van der Waals surface area contributed by atoms with Crippen LogP contribution in [0.5, 0.6) is 5.75 Å². The Morgan fingerprint density at radius 1 is 1.38 bits per heavy atom. The van der Waals surface area contributed by atoms with E-state index < -0.39 is 0 Å². The van der Waals surface area contributed by atoms with Crippen LogP contribution in [0.3, 0.4) is 0 Å². The highest BCUT2D eigenvalue weighted by Crippen LogP contribution is 2.17. The Labute approximate surface area is 170 Å². The Bertz CT molecular complexity index is 650. The summed E-state index contributed by atoms with van der Waals surface area (Å²) in [4.78, 5) is 28.3. The number of para-hydroxylation sites is 1. The van der Waals surface area contributed by atoms with Gasteiger partial charge in [0.15, 0.2) is 5.96 Å². The van der Waals surface area contributed by atoms with Gasteiger partial charge in [0.25, 0.3) is 0 Å². The van der Waals surface area contributed by atoms with E-state index in [0.29, 0.717) is 25.7 Å². The van der Waals surface area contributed by atoms with Crippen LogP contribution < -0.4 is 20.7 Å². The van der Waals surface area contributed by atoms with E-state index in [0.717, 1.165) is 11.3 Å². The summed E-state index contributed by atoms with van der Waals surface area (Å²) in [7, 11) is 1.66. The molecule has 0 aliphatic carbocycles. The summed E-state index contributed by atoms with van der Waals surface area (Å²) in [6, 6.07) is 7.35. The summed E-state index contributed by atoms with van der Waals surface area (Å²) in [5, 5.41) is 8.74. The molecule has 142 valence electrons. The van der Waals surface area contributed by atoms with Crippen LogP contribution in [0.4, 0.5) is 4.79 Å². The molecule has 9 heteroatoms. The van der Waals surface area contributed by atoms with Gasteiger partial charge in [-0.1, -0.05) is 30.9 Å². The van der Waals surface area contributed by atoms with E-state index in [1.54, 1.807) is 13.1 Å². The molecule has 1 saturated heterocycles. The van der Waals surface area contributed by atoms with Gasteiger partial charge in [-0.3, -0.25) is 14.7 Å². The number of urea groups is 1. The lowest BCUT2D eigenvalue weighted by molar-refractivity contribution is -0.124. The molecule has 0 spiro atoms. The monoisotopic (exact) mass is 473 g/mol. The highest BCUT2D eigenvalue weighted by Gasteiger charge is 2.27. The Balaban J connectivity index is 0.00000338. The number of imide groups is 1. The van der Waals surface area contributed by atoms with Crippen LogP contribution in [-0.4, -0.2) is 56.1 Å². The molecule has 1 fully saturated rings. The third-order valence-corrected chi connectivity index (χ3v) is 3.56. The second kappa shape index (κ2) is 11.3. The maximum atomic E-state index is 11.5. The van der Waals surface area contributed by atoms with Gasteiger partial charge < -0.3 is 20.7 Å². The summed E-state index contributed by atoms with van der Waals surface area (Å²) in [6.45, 7) is 5.36. The number of carbonyl (C=O) groups is 2. The minimum Gasteiger partial charge on any atom is -0.489 e. The third kappa shape index (κ3) is 6.21. The molecule has 2 rings (SSSR count). The van der Waals surface area contributed by atoms with Gasteiger partial charge in [0, 0.05) is 32.2 Å². The van der Waals surface area contributed by atoms with Gasteiger partial charge in [0.2, 0.25) is 5.91 Å². The number of halogens is 1. The quantitative estimate of drug-likeness (QED) is 0.173. The van der Waals surface area contributed by atoms with Crippen LogP contribution in [0.1, 0.15) is 5.56 Å². The minimum atomic E-state index is -0.358. The van der Waals surface area contributed by atoms with E-state index in [2.05, 4.69) is 27.5 Å². The molecule has 1 aliphatic rings. The largest absolute Gasteiger partial charge is 0.489 e. The lowest BCUT2D eigenvalue weighted by atomic mass is 10.2. The summed E-state index contributed by atoms with van der Waals surface area (Å²) < 4.78 is 5.62. The van der Waals surface area contributed by atoms with Crippen molar-refractivity contribution < 1.29 is 14.3 Å². The van der Waals surface area contributed by atoms with Crippen molar-refractivity contribution in [1.82, 2.24) is 20.9 Å². The van der Waals surface area contributed by atoms with Gasteiger partial charge in [-0.2, -0.15) is 0 Å². The lowest BCUT2D eigenvalue weighted by Gasteiger charge is -2.16. The van der Waals surface area contributed by atoms with Gasteiger partial charge in [0.1, 0.15) is 12.4 Å². The van der Waals surface area contributed by atoms with Crippen molar-refractivity contribution >= 4 is 41.9 Å². The molecule has 1 aromatic rings. The molecule has 3 amide bonds. The van der Waals surface area contributed by atoms with E-state index in [9.17, 15) is 9.59 Å². The normalized spacial score (nSPS) is 13.7. The molecular formula is C17H24IN5O3. The molecule has 0 saturated carbocycles. The van der Waals surface area contributed by atoms with Crippen LogP contribution in [0.25, 0.3) is 0 Å². The van der Waals surface area contributed by atoms with Crippen molar-refractivity contribution in [1.29, 1.82) is 0 Å². The first kappa shape index (κ1) is 21.7. The van der Waals surface area contributed by atoms with E-state index in [4.69, 9.17) is 4.74 Å². The number of nitrogens with one attached hydrogen (secondary N) is 3. The van der Waals surface area contributed by atoms with Gasteiger partial charge in [-0.15, -0.1) is 24.0 Å². The number of benzene rings is 1. The zero-order chi connectivity index (χ0) is 18.1. The minimum absolute atomic E-state index is 0. The Hall–Kier alpha value is -2.30. The average molecular weight is 473 g/mol. The number of ether oxygens (including phenoxy) is 1. The molecule has 1 aliphatic heterocycles. The second-order valence-electron chi connectivity index (χ2n) is 5.26. The van der Waals surface area contributed by atoms with E-state index in [1.165, 1.54) is 4.90 Å². The smallest absolute Gasteiger partial charge is 0.324 e. The van der Waals surface area contributed by atoms with Crippen LogP contribution in [0.2, 0.25) is 0 Å².